The summed E-state index contributed by atoms with van der Waals surface area (Å²) in [6, 6.07) is 15.9. The van der Waals surface area contributed by atoms with E-state index in [9.17, 15) is 9.59 Å². The van der Waals surface area contributed by atoms with Gasteiger partial charge in [-0.1, -0.05) is 36.4 Å². The van der Waals surface area contributed by atoms with E-state index in [0.717, 1.165) is 24.8 Å². The molecule has 2 fully saturated rings. The topological polar surface area (TPSA) is 76.0 Å². The molecule has 0 radical (unpaired) electrons. The van der Waals surface area contributed by atoms with Crippen molar-refractivity contribution in [3.05, 3.63) is 83.9 Å². The summed E-state index contributed by atoms with van der Waals surface area (Å²) in [5.41, 5.74) is 3.08. The maximum absolute atomic E-state index is 13.0. The van der Waals surface area contributed by atoms with Crippen molar-refractivity contribution < 1.29 is 9.59 Å². The van der Waals surface area contributed by atoms with Gasteiger partial charge in [-0.15, -0.1) is 0 Å². The first kappa shape index (κ1) is 19.5. The molecule has 2 aromatic carbocycles. The molecule has 0 unspecified atom stereocenters. The van der Waals surface area contributed by atoms with E-state index in [1.165, 1.54) is 5.56 Å². The number of aromatic nitrogens is 2. The van der Waals surface area contributed by atoms with Crippen molar-refractivity contribution in [2.45, 2.75) is 44.7 Å². The molecule has 158 valence electrons. The number of carbonyl (C=O) groups is 2. The molecule has 6 nitrogen and oxygen atoms in total. The number of benzene rings is 2. The average Bonchev–Trinajstić information content (AvgIpc) is 3.67. The second-order valence-electron chi connectivity index (χ2n) is 8.83. The Morgan fingerprint density at radius 3 is 2.68 bits per heavy atom. The molecular weight excluding hydrogens is 388 g/mol. The minimum Gasteiger partial charge on any atom is -0.349 e. The number of carbonyl (C=O) groups excluding carboxylic acids is 2. The molecule has 31 heavy (non-hydrogen) atoms. The van der Waals surface area contributed by atoms with Crippen LogP contribution in [-0.2, 0) is 11.3 Å². The summed E-state index contributed by atoms with van der Waals surface area (Å²) in [7, 11) is 0. The SMILES string of the molecule is Cc1ccc(C(=O)N[C@@H]2C[C@H]2c2ccccc2)cc1NC(=O)C1(Cn2ccnc2)CC1. The highest BCUT2D eigenvalue weighted by Crippen LogP contribution is 2.48. The van der Waals surface area contributed by atoms with E-state index in [2.05, 4.69) is 27.8 Å². The van der Waals surface area contributed by atoms with Crippen LogP contribution in [0.2, 0.25) is 0 Å². The van der Waals surface area contributed by atoms with Crippen LogP contribution in [0.4, 0.5) is 5.69 Å². The number of amides is 2. The Morgan fingerprint density at radius 2 is 1.97 bits per heavy atom. The van der Waals surface area contributed by atoms with Gasteiger partial charge >= 0.3 is 0 Å². The van der Waals surface area contributed by atoms with Gasteiger partial charge in [-0.3, -0.25) is 9.59 Å². The summed E-state index contributed by atoms with van der Waals surface area (Å²) in [6.07, 6.45) is 8.02. The van der Waals surface area contributed by atoms with Gasteiger partial charge in [-0.05, 0) is 49.4 Å². The van der Waals surface area contributed by atoms with E-state index >= 15 is 0 Å². The fourth-order valence-corrected chi connectivity index (χ4v) is 4.17. The van der Waals surface area contributed by atoms with Crippen molar-refractivity contribution in [3.63, 3.8) is 0 Å². The van der Waals surface area contributed by atoms with Gasteiger partial charge in [0.25, 0.3) is 5.91 Å². The molecule has 2 atom stereocenters. The van der Waals surface area contributed by atoms with Gasteiger partial charge in [-0.2, -0.15) is 0 Å². The van der Waals surface area contributed by atoms with Gasteiger partial charge in [-0.25, -0.2) is 4.98 Å². The zero-order valence-corrected chi connectivity index (χ0v) is 17.5. The predicted molar refractivity (Wildman–Crippen MR) is 119 cm³/mol. The molecule has 1 heterocycles. The van der Waals surface area contributed by atoms with Crippen LogP contribution >= 0.6 is 0 Å². The van der Waals surface area contributed by atoms with E-state index in [-0.39, 0.29) is 23.3 Å². The molecule has 1 aromatic heterocycles. The second-order valence-corrected chi connectivity index (χ2v) is 8.83. The van der Waals surface area contributed by atoms with Crippen molar-refractivity contribution in [1.82, 2.24) is 14.9 Å². The third-order valence-corrected chi connectivity index (χ3v) is 6.46. The van der Waals surface area contributed by atoms with Gasteiger partial charge in [0.2, 0.25) is 5.91 Å². The molecule has 2 aliphatic carbocycles. The number of nitrogens with one attached hydrogen (secondary N) is 2. The number of nitrogens with zero attached hydrogens (tertiary/aromatic N) is 2. The lowest BCUT2D eigenvalue weighted by Gasteiger charge is -2.17. The smallest absolute Gasteiger partial charge is 0.251 e. The molecular formula is C25H26N4O2. The first-order valence-electron chi connectivity index (χ1n) is 10.8. The summed E-state index contributed by atoms with van der Waals surface area (Å²) in [5.74, 6) is 0.291. The standard InChI is InChI=1S/C25H26N4O2/c1-17-7-8-19(23(30)27-22-14-20(22)18-5-3-2-4-6-18)13-21(17)28-24(31)25(9-10-25)15-29-12-11-26-16-29/h2-8,11-13,16,20,22H,9-10,14-15H2,1H3,(H,27,30)(H,28,31)/t20-,22+/m0/s1. The highest BCUT2D eigenvalue weighted by atomic mass is 16.2. The lowest BCUT2D eigenvalue weighted by Crippen LogP contribution is -2.29. The Kier molecular flexibility index (Phi) is 4.85. The van der Waals surface area contributed by atoms with Gasteiger partial charge < -0.3 is 15.2 Å². The number of rotatable bonds is 7. The molecule has 0 spiro atoms. The third kappa shape index (κ3) is 4.10. The highest BCUT2D eigenvalue weighted by Gasteiger charge is 2.50. The largest absolute Gasteiger partial charge is 0.349 e. The van der Waals surface area contributed by atoms with E-state index in [1.54, 1.807) is 18.6 Å². The molecule has 3 aromatic rings. The highest BCUT2D eigenvalue weighted by molar-refractivity contribution is 6.00. The zero-order valence-electron chi connectivity index (χ0n) is 17.5. The fourth-order valence-electron chi connectivity index (χ4n) is 4.17. The van der Waals surface area contributed by atoms with E-state index in [4.69, 9.17) is 0 Å². The normalized spacial score (nSPS) is 20.7. The Balaban J connectivity index is 1.24. The van der Waals surface area contributed by atoms with Crippen molar-refractivity contribution in [3.8, 4) is 0 Å². The molecule has 5 rings (SSSR count). The fraction of sp³-hybridized carbons (Fsp3) is 0.320. The van der Waals surface area contributed by atoms with Gasteiger partial charge in [0.1, 0.15) is 0 Å². The Hall–Kier alpha value is -3.41. The van der Waals surface area contributed by atoms with Gasteiger partial charge in [0.05, 0.1) is 11.7 Å². The number of anilines is 1. The zero-order chi connectivity index (χ0) is 21.4. The predicted octanol–water partition coefficient (Wildman–Crippen LogP) is 3.90. The lowest BCUT2D eigenvalue weighted by atomic mass is 10.0. The number of hydrogen-bond acceptors (Lipinski definition) is 3. The summed E-state index contributed by atoms with van der Waals surface area (Å²) in [6.45, 7) is 2.57. The summed E-state index contributed by atoms with van der Waals surface area (Å²) < 4.78 is 1.95. The number of hydrogen-bond donors (Lipinski definition) is 2. The third-order valence-electron chi connectivity index (χ3n) is 6.46. The molecule has 2 aliphatic rings. The van der Waals surface area contributed by atoms with Crippen LogP contribution < -0.4 is 10.6 Å². The molecule has 2 amide bonds. The number of imidazole rings is 1. The van der Waals surface area contributed by atoms with E-state index in [1.807, 2.05) is 48.0 Å². The van der Waals surface area contributed by atoms with Crippen LogP contribution in [0.3, 0.4) is 0 Å². The van der Waals surface area contributed by atoms with Crippen LogP contribution in [0, 0.1) is 12.3 Å². The van der Waals surface area contributed by atoms with Crippen LogP contribution in [0.25, 0.3) is 0 Å². The van der Waals surface area contributed by atoms with Crippen LogP contribution in [0.1, 0.15) is 46.7 Å². The second kappa shape index (κ2) is 7.69. The van der Waals surface area contributed by atoms with Crippen molar-refractivity contribution >= 4 is 17.5 Å². The maximum atomic E-state index is 13.0. The van der Waals surface area contributed by atoms with E-state index in [0.29, 0.717) is 23.7 Å². The minimum atomic E-state index is -0.387. The first-order valence-corrected chi connectivity index (χ1v) is 10.8. The quantitative estimate of drug-likeness (QED) is 0.616. The Bertz CT molecular complexity index is 1100. The molecule has 0 saturated heterocycles. The lowest BCUT2D eigenvalue weighted by molar-refractivity contribution is -0.121. The maximum Gasteiger partial charge on any atom is 0.251 e. The van der Waals surface area contributed by atoms with Gasteiger partial charge in [0, 0.05) is 42.1 Å². The molecule has 0 aliphatic heterocycles. The van der Waals surface area contributed by atoms with Crippen LogP contribution in [0.5, 0.6) is 0 Å². The van der Waals surface area contributed by atoms with E-state index < -0.39 is 0 Å². The first-order chi connectivity index (χ1) is 15.0. The van der Waals surface area contributed by atoms with Gasteiger partial charge in [0.15, 0.2) is 0 Å². The molecule has 2 N–H and O–H groups in total. The molecule has 2 saturated carbocycles. The minimum absolute atomic E-state index is 0.00759. The summed E-state index contributed by atoms with van der Waals surface area (Å²) >= 11 is 0. The average molecular weight is 415 g/mol. The Morgan fingerprint density at radius 1 is 1.16 bits per heavy atom. The summed E-state index contributed by atoms with van der Waals surface area (Å²) in [4.78, 5) is 29.9. The number of aryl methyl sites for hydroxylation is 1. The van der Waals surface area contributed by atoms with Crippen molar-refractivity contribution in [1.29, 1.82) is 0 Å². The molecule has 6 heteroatoms. The summed E-state index contributed by atoms with van der Waals surface area (Å²) in [5, 5.41) is 6.20. The van der Waals surface area contributed by atoms with Crippen molar-refractivity contribution in [2.24, 2.45) is 5.41 Å². The van der Waals surface area contributed by atoms with Crippen LogP contribution in [0.15, 0.2) is 67.3 Å². The monoisotopic (exact) mass is 414 g/mol. The van der Waals surface area contributed by atoms with Crippen LogP contribution in [-0.4, -0.2) is 27.4 Å². The Labute approximate surface area is 181 Å². The van der Waals surface area contributed by atoms with Crippen molar-refractivity contribution in [2.75, 3.05) is 5.32 Å². The molecule has 0 bridgehead atoms.